The molecule has 0 spiro atoms. The number of nitrogens with zero attached hydrogens (tertiary/aromatic N) is 1. The Morgan fingerprint density at radius 1 is 1.09 bits per heavy atom. The Labute approximate surface area is 143 Å². The van der Waals surface area contributed by atoms with E-state index in [2.05, 4.69) is 57.5 Å². The Balaban J connectivity index is 1.89. The summed E-state index contributed by atoms with van der Waals surface area (Å²) in [5.74, 6) is 1.02. The monoisotopic (exact) mass is 340 g/mol. The Hall–Kier alpha value is -2.30. The van der Waals surface area contributed by atoms with Gasteiger partial charge in [-0.2, -0.15) is 0 Å². The minimum atomic E-state index is 0.733. The van der Waals surface area contributed by atoms with E-state index in [1.54, 1.807) is 11.3 Å². The van der Waals surface area contributed by atoms with Crippen molar-refractivity contribution < 1.29 is 4.40 Å². The third kappa shape index (κ3) is 2.71. The van der Waals surface area contributed by atoms with E-state index >= 15 is 0 Å². The fourth-order valence-corrected chi connectivity index (χ4v) is 3.45. The van der Waals surface area contributed by atoms with Crippen LogP contribution in [-0.2, 0) is 0 Å². The molecule has 3 nitrogen and oxygen atoms in total. The molecule has 0 bridgehead atoms. The van der Waals surface area contributed by atoms with Gasteiger partial charge in [0.2, 0.25) is 5.65 Å². The van der Waals surface area contributed by atoms with E-state index in [1.165, 1.54) is 10.4 Å². The zero-order valence-electron chi connectivity index (χ0n) is 12.5. The Morgan fingerprint density at radius 3 is 2.65 bits per heavy atom. The number of nitrogens with one attached hydrogen (secondary N) is 2. The van der Waals surface area contributed by atoms with Gasteiger partial charge in [-0.15, -0.1) is 11.3 Å². The molecule has 0 aliphatic carbocycles. The van der Waals surface area contributed by atoms with Crippen LogP contribution in [0.5, 0.6) is 0 Å². The van der Waals surface area contributed by atoms with E-state index < -0.39 is 0 Å². The zero-order chi connectivity index (χ0) is 15.8. The molecule has 114 valence electrons. The zero-order valence-corrected chi connectivity index (χ0v) is 14.1. The molecule has 0 saturated heterocycles. The average molecular weight is 341 g/mol. The molecule has 0 saturated carbocycles. The van der Waals surface area contributed by atoms with Crippen LogP contribution in [0.3, 0.4) is 0 Å². The van der Waals surface area contributed by atoms with Gasteiger partial charge in [0.25, 0.3) is 5.82 Å². The highest BCUT2D eigenvalue weighted by Gasteiger charge is 2.21. The molecule has 0 radical (unpaired) electrons. The normalized spacial score (nSPS) is 11.0. The maximum Gasteiger partial charge on any atom is 0.272 e. The van der Waals surface area contributed by atoms with E-state index in [9.17, 15) is 0 Å². The van der Waals surface area contributed by atoms with E-state index in [1.807, 2.05) is 24.3 Å². The summed E-state index contributed by atoms with van der Waals surface area (Å²) in [6.07, 6.45) is 2.13. The van der Waals surface area contributed by atoms with Crippen LogP contribution < -0.4 is 9.72 Å². The molecular formula is C18H15ClN3S+. The molecule has 0 aliphatic heterocycles. The summed E-state index contributed by atoms with van der Waals surface area (Å²) in [5.41, 5.74) is 4.34. The minimum Gasteiger partial charge on any atom is -0.270 e. The Bertz CT molecular complexity index is 956. The lowest BCUT2D eigenvalue weighted by molar-refractivity contribution is -0.494. The van der Waals surface area contributed by atoms with Crippen molar-refractivity contribution in [3.05, 3.63) is 70.7 Å². The summed E-state index contributed by atoms with van der Waals surface area (Å²) >= 11 is 7.70. The molecule has 1 aromatic carbocycles. The number of aryl methyl sites for hydroxylation is 1. The highest BCUT2D eigenvalue weighted by Crippen LogP contribution is 2.31. The van der Waals surface area contributed by atoms with Gasteiger partial charge in [-0.3, -0.25) is 10.3 Å². The van der Waals surface area contributed by atoms with Crippen LogP contribution in [0.4, 0.5) is 11.5 Å². The van der Waals surface area contributed by atoms with Gasteiger partial charge in [0.15, 0.2) is 5.69 Å². The van der Waals surface area contributed by atoms with Crippen molar-refractivity contribution in [2.24, 2.45) is 0 Å². The lowest BCUT2D eigenvalue weighted by Crippen LogP contribution is -2.23. The van der Waals surface area contributed by atoms with Crippen molar-refractivity contribution in [3.8, 4) is 10.6 Å². The highest BCUT2D eigenvalue weighted by atomic mass is 35.5. The van der Waals surface area contributed by atoms with Crippen molar-refractivity contribution in [2.45, 2.75) is 6.92 Å². The van der Waals surface area contributed by atoms with E-state index in [4.69, 9.17) is 11.6 Å². The first-order valence-electron chi connectivity index (χ1n) is 7.31. The number of aromatic amines is 1. The van der Waals surface area contributed by atoms with Crippen LogP contribution in [-0.4, -0.2) is 4.98 Å². The van der Waals surface area contributed by atoms with Crippen LogP contribution in [0.2, 0.25) is 5.02 Å². The molecule has 0 atom stereocenters. The maximum atomic E-state index is 5.98. The number of aromatic nitrogens is 2. The fourth-order valence-electron chi connectivity index (χ4n) is 2.59. The number of pyridine rings is 1. The van der Waals surface area contributed by atoms with Crippen LogP contribution in [0.15, 0.2) is 60.1 Å². The van der Waals surface area contributed by atoms with Crippen LogP contribution in [0, 0.1) is 6.92 Å². The number of benzene rings is 1. The van der Waals surface area contributed by atoms with Gasteiger partial charge in [0, 0.05) is 11.1 Å². The largest absolute Gasteiger partial charge is 0.272 e. The molecule has 0 amide bonds. The van der Waals surface area contributed by atoms with Crippen molar-refractivity contribution in [1.82, 2.24) is 4.98 Å². The molecule has 3 aromatic heterocycles. The van der Waals surface area contributed by atoms with Gasteiger partial charge in [-0.05, 0) is 54.3 Å². The van der Waals surface area contributed by atoms with Gasteiger partial charge in [-0.1, -0.05) is 17.7 Å². The van der Waals surface area contributed by atoms with Crippen molar-refractivity contribution in [1.29, 1.82) is 0 Å². The second-order valence-corrected chi connectivity index (χ2v) is 6.80. The van der Waals surface area contributed by atoms with Gasteiger partial charge >= 0.3 is 0 Å². The molecule has 5 heteroatoms. The second-order valence-electron chi connectivity index (χ2n) is 5.42. The Morgan fingerprint density at radius 2 is 1.91 bits per heavy atom. The molecule has 0 fully saturated rings. The predicted octanol–water partition coefficient (Wildman–Crippen LogP) is 5.19. The van der Waals surface area contributed by atoms with Crippen LogP contribution >= 0.6 is 22.9 Å². The summed E-state index contributed by atoms with van der Waals surface area (Å²) < 4.78 is 2.15. The number of imidazole rings is 1. The number of thiophene rings is 1. The average Bonchev–Trinajstić information content (AvgIpc) is 3.18. The summed E-state index contributed by atoms with van der Waals surface area (Å²) in [6.45, 7) is 2.09. The lowest BCUT2D eigenvalue weighted by Gasteiger charge is -2.02. The second kappa shape index (κ2) is 5.72. The first kappa shape index (κ1) is 14.3. The quantitative estimate of drug-likeness (QED) is 0.494. The third-order valence-electron chi connectivity index (χ3n) is 3.70. The molecule has 0 unspecified atom stereocenters. The first-order valence-corrected chi connectivity index (χ1v) is 8.57. The van der Waals surface area contributed by atoms with Gasteiger partial charge < -0.3 is 0 Å². The summed E-state index contributed by atoms with van der Waals surface area (Å²) in [6, 6.07) is 16.1. The van der Waals surface area contributed by atoms with Crippen LogP contribution in [0.1, 0.15) is 5.56 Å². The lowest BCUT2D eigenvalue weighted by atomic mass is 10.3. The molecule has 2 N–H and O–H groups in total. The maximum absolute atomic E-state index is 5.98. The highest BCUT2D eigenvalue weighted by molar-refractivity contribution is 7.13. The number of hydrogen-bond donors (Lipinski definition) is 2. The topological polar surface area (TPSA) is 31.9 Å². The van der Waals surface area contributed by atoms with Gasteiger partial charge in [-0.25, -0.2) is 4.40 Å². The summed E-state index contributed by atoms with van der Waals surface area (Å²) in [4.78, 5) is 4.71. The van der Waals surface area contributed by atoms with E-state index in [0.29, 0.717) is 0 Å². The summed E-state index contributed by atoms with van der Waals surface area (Å²) in [5, 5.41) is 6.34. The third-order valence-corrected chi connectivity index (χ3v) is 4.84. The predicted molar refractivity (Wildman–Crippen MR) is 96.7 cm³/mol. The van der Waals surface area contributed by atoms with E-state index in [-0.39, 0.29) is 0 Å². The molecule has 4 rings (SSSR count). The first-order chi connectivity index (χ1) is 11.2. The Kier molecular flexibility index (Phi) is 3.56. The summed E-state index contributed by atoms with van der Waals surface area (Å²) in [7, 11) is 0. The molecule has 4 aromatic rings. The SMILES string of the molecule is Cc1ccc2[nH]c(-c3cccs3)c(Nc3ccc(Cl)cc3)[n+]2c1. The number of hydrogen-bond acceptors (Lipinski definition) is 2. The van der Waals surface area contributed by atoms with E-state index in [0.717, 1.165) is 27.9 Å². The molecule has 0 aliphatic rings. The number of fused-ring (bicyclic) bond motifs is 1. The minimum absolute atomic E-state index is 0.733. The molecule has 23 heavy (non-hydrogen) atoms. The van der Waals surface area contributed by atoms with Gasteiger partial charge in [0.05, 0.1) is 16.8 Å². The standard InChI is InChI=1S/C18H14ClN3S/c1-12-4-9-16-21-17(15-3-2-10-23-15)18(22(16)11-12)20-14-7-5-13(19)6-8-14/h2-11,20H,1H3/p+1. The van der Waals surface area contributed by atoms with Gasteiger partial charge in [0.1, 0.15) is 0 Å². The smallest absolute Gasteiger partial charge is 0.270 e. The van der Waals surface area contributed by atoms with Crippen molar-refractivity contribution >= 4 is 40.1 Å². The number of H-pyrrole nitrogens is 1. The number of anilines is 2. The van der Waals surface area contributed by atoms with Crippen molar-refractivity contribution in [3.63, 3.8) is 0 Å². The molecule has 3 heterocycles. The van der Waals surface area contributed by atoms with Crippen molar-refractivity contribution in [2.75, 3.05) is 5.32 Å². The number of rotatable bonds is 3. The molecular weight excluding hydrogens is 326 g/mol. The fraction of sp³-hybridized carbons (Fsp3) is 0.0556. The van der Waals surface area contributed by atoms with Crippen LogP contribution in [0.25, 0.3) is 16.2 Å². The number of halogens is 1.